The molecule has 106 valence electrons. The first kappa shape index (κ1) is 14.4. The molecule has 0 aliphatic heterocycles. The third kappa shape index (κ3) is 2.52. The van der Waals surface area contributed by atoms with Crippen LogP contribution in [-0.4, -0.2) is 12.4 Å². The second-order valence-electron chi connectivity index (χ2n) is 5.07. The molecule has 0 N–H and O–H groups in total. The number of rotatable bonds is 2. The van der Waals surface area contributed by atoms with Gasteiger partial charge in [0, 0.05) is 34.3 Å². The lowest BCUT2D eigenvalue weighted by Gasteiger charge is -2.01. The van der Waals surface area contributed by atoms with E-state index in [0.29, 0.717) is 0 Å². The van der Waals surface area contributed by atoms with Crippen LogP contribution < -0.4 is 0 Å². The summed E-state index contributed by atoms with van der Waals surface area (Å²) < 4.78 is 14.1. The Bertz CT molecular complexity index is 894. The minimum Gasteiger partial charge on any atom is -0.456 e. The summed E-state index contributed by atoms with van der Waals surface area (Å²) in [5, 5.41) is 2.25. The number of hydrogen-bond donors (Lipinski definition) is 0. The summed E-state index contributed by atoms with van der Waals surface area (Å²) in [6, 6.07) is 8.39. The van der Waals surface area contributed by atoms with Gasteiger partial charge in [0.15, 0.2) is 0 Å². The molecule has 1 aromatic heterocycles. The second kappa shape index (κ2) is 5.67. The average molecular weight is 314 g/mol. The van der Waals surface area contributed by atoms with Crippen molar-refractivity contribution in [3.63, 3.8) is 0 Å². The minimum atomic E-state index is 0.871. The van der Waals surface area contributed by atoms with Gasteiger partial charge < -0.3 is 4.42 Å². The Hall–Kier alpha value is -1.56. The Morgan fingerprint density at radius 2 is 1.33 bits per heavy atom. The van der Waals surface area contributed by atoms with E-state index in [0.717, 1.165) is 33.1 Å². The highest BCUT2D eigenvalue weighted by Gasteiger charge is 2.11. The van der Waals surface area contributed by atoms with Crippen LogP contribution in [0.15, 0.2) is 38.2 Å². The van der Waals surface area contributed by atoms with Crippen molar-refractivity contribution in [3.05, 3.63) is 46.5 Å². The van der Waals surface area contributed by atoms with E-state index in [1.807, 2.05) is 12.3 Å². The lowest BCUT2D eigenvalue weighted by atomic mass is 10.0. The first-order valence-corrected chi connectivity index (χ1v) is 7.61. The fraction of sp³-hybridized carbons (Fsp3) is 0.125. The van der Waals surface area contributed by atoms with Crippen LogP contribution in [0.5, 0.6) is 0 Å². The van der Waals surface area contributed by atoms with E-state index >= 15 is 0 Å². The quantitative estimate of drug-likeness (QED) is 0.502. The molecule has 0 bridgehead atoms. The van der Waals surface area contributed by atoms with Crippen molar-refractivity contribution in [2.45, 2.75) is 13.8 Å². The smallest absolute Gasteiger partial charge is 0.136 e. The summed E-state index contributed by atoms with van der Waals surface area (Å²) >= 11 is 0. The molecule has 2 unspecified atom stereocenters. The topological polar surface area (TPSA) is 37.9 Å². The largest absolute Gasteiger partial charge is 0.456 e. The Balaban J connectivity index is 2.40. The molecule has 5 heteroatoms. The molecule has 1 heterocycles. The number of aryl methyl sites for hydroxylation is 2. The van der Waals surface area contributed by atoms with Crippen molar-refractivity contribution in [2.24, 2.45) is 9.53 Å². The van der Waals surface area contributed by atoms with Gasteiger partial charge >= 0.3 is 0 Å². The van der Waals surface area contributed by atoms with E-state index in [4.69, 9.17) is 4.42 Å². The maximum absolute atomic E-state index is 5.99. The van der Waals surface area contributed by atoms with Crippen molar-refractivity contribution in [1.82, 2.24) is 0 Å². The van der Waals surface area contributed by atoms with Crippen molar-refractivity contribution in [3.8, 4) is 0 Å². The number of benzene rings is 2. The van der Waals surface area contributed by atoms with Crippen LogP contribution >= 0.6 is 18.8 Å². The van der Waals surface area contributed by atoms with Crippen LogP contribution in [0.3, 0.4) is 0 Å². The molecule has 21 heavy (non-hydrogen) atoms. The monoisotopic (exact) mass is 314 g/mol. The lowest BCUT2D eigenvalue weighted by Crippen LogP contribution is -1.90. The Labute approximate surface area is 128 Å². The van der Waals surface area contributed by atoms with Gasteiger partial charge in [-0.25, -0.2) is 0 Å². The van der Waals surface area contributed by atoms with Gasteiger partial charge in [-0.2, -0.15) is 0 Å². The SMILES string of the molecule is Cc1cc2oc3cc(/C=N/P)c(/C=N/P)cc3c2cc1C. The predicted molar refractivity (Wildman–Crippen MR) is 97.8 cm³/mol. The third-order valence-corrected chi connectivity index (χ3v) is 4.02. The molecule has 0 spiro atoms. The summed E-state index contributed by atoms with van der Waals surface area (Å²) in [4.78, 5) is 0. The first-order valence-electron chi connectivity index (χ1n) is 6.58. The molecule has 0 aliphatic carbocycles. The maximum atomic E-state index is 5.99. The highest BCUT2D eigenvalue weighted by Crippen LogP contribution is 2.32. The predicted octanol–water partition coefficient (Wildman–Crippen LogP) is 4.62. The zero-order valence-electron chi connectivity index (χ0n) is 11.9. The van der Waals surface area contributed by atoms with E-state index in [9.17, 15) is 0 Å². The van der Waals surface area contributed by atoms with Crippen molar-refractivity contribution in [2.75, 3.05) is 0 Å². The van der Waals surface area contributed by atoms with Crippen LogP contribution in [-0.2, 0) is 0 Å². The van der Waals surface area contributed by atoms with E-state index in [-0.39, 0.29) is 0 Å². The van der Waals surface area contributed by atoms with Crippen molar-refractivity contribution >= 4 is 53.1 Å². The summed E-state index contributed by atoms with van der Waals surface area (Å²) in [7, 11) is 4.71. The second-order valence-corrected chi connectivity index (χ2v) is 5.66. The molecule has 3 rings (SSSR count). The Morgan fingerprint density at radius 1 is 0.810 bits per heavy atom. The molecule has 0 saturated heterocycles. The number of fused-ring (bicyclic) bond motifs is 3. The molecular weight excluding hydrogens is 298 g/mol. The van der Waals surface area contributed by atoms with Crippen LogP contribution in [0.2, 0.25) is 0 Å². The minimum absolute atomic E-state index is 0.871. The maximum Gasteiger partial charge on any atom is 0.136 e. The average Bonchev–Trinajstić information content (AvgIpc) is 2.77. The summed E-state index contributed by atoms with van der Waals surface area (Å²) in [5.74, 6) is 0. The lowest BCUT2D eigenvalue weighted by molar-refractivity contribution is 0.668. The highest BCUT2D eigenvalue weighted by atomic mass is 31.0. The molecule has 0 aliphatic rings. The Kier molecular flexibility index (Phi) is 3.89. The third-order valence-electron chi connectivity index (χ3n) is 3.72. The fourth-order valence-electron chi connectivity index (χ4n) is 2.49. The van der Waals surface area contributed by atoms with Gasteiger partial charge in [0.25, 0.3) is 0 Å². The zero-order valence-corrected chi connectivity index (χ0v) is 14.2. The highest BCUT2D eigenvalue weighted by molar-refractivity contribution is 7.15. The van der Waals surface area contributed by atoms with Crippen LogP contribution in [0.4, 0.5) is 0 Å². The van der Waals surface area contributed by atoms with Gasteiger partial charge in [-0.3, -0.25) is 9.53 Å². The number of furan rings is 1. The van der Waals surface area contributed by atoms with Gasteiger partial charge in [-0.05, 0) is 68.0 Å². The number of hydrogen-bond acceptors (Lipinski definition) is 3. The molecule has 0 saturated carbocycles. The fourth-order valence-corrected chi connectivity index (χ4v) is 2.82. The standard InChI is InChI=1S/C16H16N2OP2/c1-9-3-13-14-5-11(7-17-20)12(8-18-21)6-16(14)19-15(13)4-10(9)2/h3-8H,20-21H2,1-2H3/b17-7+,18-8+. The van der Waals surface area contributed by atoms with Crippen LogP contribution in [0.25, 0.3) is 21.9 Å². The van der Waals surface area contributed by atoms with E-state index < -0.39 is 0 Å². The van der Waals surface area contributed by atoms with Crippen LogP contribution in [0, 0.1) is 13.8 Å². The van der Waals surface area contributed by atoms with Gasteiger partial charge in [0.2, 0.25) is 0 Å². The van der Waals surface area contributed by atoms with E-state index in [2.05, 4.69) is 60.4 Å². The summed E-state index contributed by atoms with van der Waals surface area (Å²) in [6.45, 7) is 4.22. The normalized spacial score (nSPS) is 12.4. The van der Waals surface area contributed by atoms with E-state index in [1.165, 1.54) is 11.1 Å². The first-order chi connectivity index (χ1) is 10.1. The molecule has 3 aromatic rings. The van der Waals surface area contributed by atoms with Gasteiger partial charge in [-0.1, -0.05) is 0 Å². The molecule has 3 nitrogen and oxygen atoms in total. The molecule has 0 amide bonds. The van der Waals surface area contributed by atoms with Crippen LogP contribution in [0.1, 0.15) is 22.3 Å². The van der Waals surface area contributed by atoms with Crippen molar-refractivity contribution in [1.29, 1.82) is 0 Å². The van der Waals surface area contributed by atoms with E-state index in [1.54, 1.807) is 6.21 Å². The summed E-state index contributed by atoms with van der Waals surface area (Å²) in [6.07, 6.45) is 3.60. The number of nitrogens with zero attached hydrogens (tertiary/aromatic N) is 2. The van der Waals surface area contributed by atoms with Crippen molar-refractivity contribution < 1.29 is 4.42 Å². The molecule has 0 fully saturated rings. The molecule has 2 aromatic carbocycles. The molecule has 0 radical (unpaired) electrons. The molecular formula is C16H16N2OP2. The van der Waals surface area contributed by atoms with Gasteiger partial charge in [-0.15, -0.1) is 0 Å². The zero-order chi connectivity index (χ0) is 15.0. The van der Waals surface area contributed by atoms with Gasteiger partial charge in [0.1, 0.15) is 11.2 Å². The van der Waals surface area contributed by atoms with Gasteiger partial charge in [0.05, 0.1) is 0 Å². The summed E-state index contributed by atoms with van der Waals surface area (Å²) in [5.41, 5.74) is 6.29. The molecule has 2 atom stereocenters. The Morgan fingerprint density at radius 3 is 2.00 bits per heavy atom.